The topological polar surface area (TPSA) is 118 Å². The van der Waals surface area contributed by atoms with Crippen LogP contribution in [0.15, 0.2) is 65.3 Å². The quantitative estimate of drug-likeness (QED) is 0.492. The van der Waals surface area contributed by atoms with Crippen LogP contribution >= 0.6 is 0 Å². The highest BCUT2D eigenvalue weighted by atomic mass is 16.5. The minimum atomic E-state index is -0.895. The third-order valence-corrected chi connectivity index (χ3v) is 4.35. The van der Waals surface area contributed by atoms with Gasteiger partial charge in [-0.2, -0.15) is 0 Å². The van der Waals surface area contributed by atoms with Gasteiger partial charge in [-0.15, -0.1) is 0 Å². The number of hydrogen-bond acceptors (Lipinski definition) is 5. The fourth-order valence-corrected chi connectivity index (χ4v) is 2.83. The standard InChI is InChI=1S/C24H20N2O6/c1-31-19-8-10-20(21(15-19)26-22(27)11-9-18-6-3-13-32-18)24(30)25-17-5-2-4-16(14-17)7-12-23(28)29/h2-6,8,10,13-15H,7,12H2,1H3,(H,25,30)(H,26,27)(H,28,29). The number of ether oxygens (including phenoxy) is 1. The van der Waals surface area contributed by atoms with E-state index in [4.69, 9.17) is 14.3 Å². The fraction of sp³-hybridized carbons (Fsp3) is 0.125. The predicted octanol–water partition coefficient (Wildman–Crippen LogP) is 3.55. The molecule has 0 fully saturated rings. The second-order valence-corrected chi connectivity index (χ2v) is 6.64. The van der Waals surface area contributed by atoms with Crippen molar-refractivity contribution < 1.29 is 28.6 Å². The molecule has 2 aromatic carbocycles. The number of aryl methyl sites for hydroxylation is 1. The van der Waals surface area contributed by atoms with Gasteiger partial charge in [0.25, 0.3) is 5.91 Å². The summed E-state index contributed by atoms with van der Waals surface area (Å²) < 4.78 is 10.3. The van der Waals surface area contributed by atoms with Crippen LogP contribution in [0.3, 0.4) is 0 Å². The number of carboxylic acids is 1. The van der Waals surface area contributed by atoms with Crippen molar-refractivity contribution in [2.24, 2.45) is 0 Å². The second kappa shape index (κ2) is 10.5. The average Bonchev–Trinajstić information content (AvgIpc) is 3.30. The number of carbonyl (C=O) groups excluding carboxylic acids is 2. The number of amides is 2. The Morgan fingerprint density at radius 2 is 1.91 bits per heavy atom. The van der Waals surface area contributed by atoms with Crippen molar-refractivity contribution in [1.29, 1.82) is 0 Å². The number of aliphatic carboxylic acids is 1. The molecule has 2 amide bonds. The molecule has 0 saturated carbocycles. The minimum Gasteiger partial charge on any atom is -0.497 e. The van der Waals surface area contributed by atoms with Gasteiger partial charge in [-0.1, -0.05) is 12.1 Å². The molecule has 1 heterocycles. The van der Waals surface area contributed by atoms with Crippen LogP contribution in [-0.2, 0) is 16.0 Å². The molecule has 0 bridgehead atoms. The van der Waals surface area contributed by atoms with Crippen LogP contribution in [0.5, 0.6) is 5.75 Å². The summed E-state index contributed by atoms with van der Waals surface area (Å²) in [4.78, 5) is 35.9. The number of nitrogens with one attached hydrogen (secondary N) is 2. The van der Waals surface area contributed by atoms with Crippen LogP contribution in [-0.4, -0.2) is 30.0 Å². The van der Waals surface area contributed by atoms with Gasteiger partial charge in [0.1, 0.15) is 5.75 Å². The van der Waals surface area contributed by atoms with Crippen LogP contribution in [0.2, 0.25) is 0 Å². The zero-order valence-corrected chi connectivity index (χ0v) is 17.2. The van der Waals surface area contributed by atoms with Crippen molar-refractivity contribution in [2.45, 2.75) is 12.8 Å². The van der Waals surface area contributed by atoms with Gasteiger partial charge in [-0.05, 0) is 54.3 Å². The molecule has 0 aliphatic rings. The highest BCUT2D eigenvalue weighted by Gasteiger charge is 2.15. The molecule has 162 valence electrons. The molecule has 3 N–H and O–H groups in total. The highest BCUT2D eigenvalue weighted by Crippen LogP contribution is 2.24. The zero-order valence-electron chi connectivity index (χ0n) is 17.2. The third-order valence-electron chi connectivity index (χ3n) is 4.35. The Bertz CT molecular complexity index is 1190. The fourth-order valence-electron chi connectivity index (χ4n) is 2.83. The Morgan fingerprint density at radius 3 is 2.62 bits per heavy atom. The van der Waals surface area contributed by atoms with E-state index >= 15 is 0 Å². The molecule has 0 aliphatic carbocycles. The van der Waals surface area contributed by atoms with Crippen LogP contribution in [0.1, 0.15) is 28.1 Å². The van der Waals surface area contributed by atoms with Crippen LogP contribution < -0.4 is 15.4 Å². The van der Waals surface area contributed by atoms with Gasteiger partial charge < -0.3 is 24.9 Å². The maximum absolute atomic E-state index is 12.9. The summed E-state index contributed by atoms with van der Waals surface area (Å²) >= 11 is 0. The summed E-state index contributed by atoms with van der Waals surface area (Å²) in [5, 5.41) is 14.2. The normalized spacial score (nSPS) is 9.91. The lowest BCUT2D eigenvalue weighted by Crippen LogP contribution is -2.17. The first kappa shape index (κ1) is 22.2. The first-order valence-corrected chi connectivity index (χ1v) is 9.61. The summed E-state index contributed by atoms with van der Waals surface area (Å²) in [5.74, 6) is 3.80. The van der Waals surface area contributed by atoms with Gasteiger partial charge in [0.05, 0.1) is 24.6 Å². The van der Waals surface area contributed by atoms with Crippen molar-refractivity contribution in [1.82, 2.24) is 0 Å². The number of hydrogen-bond donors (Lipinski definition) is 3. The van der Waals surface area contributed by atoms with Gasteiger partial charge in [0.2, 0.25) is 0 Å². The lowest BCUT2D eigenvalue weighted by molar-refractivity contribution is -0.137. The van der Waals surface area contributed by atoms with E-state index in [9.17, 15) is 14.4 Å². The Labute approximate surface area is 184 Å². The third kappa shape index (κ3) is 6.24. The van der Waals surface area contributed by atoms with Crippen LogP contribution in [0, 0.1) is 11.8 Å². The number of rotatable bonds is 7. The first-order chi connectivity index (χ1) is 15.4. The van der Waals surface area contributed by atoms with Crippen molar-refractivity contribution in [3.05, 3.63) is 77.7 Å². The van der Waals surface area contributed by atoms with Gasteiger partial charge in [-0.3, -0.25) is 14.4 Å². The second-order valence-electron chi connectivity index (χ2n) is 6.64. The van der Waals surface area contributed by atoms with Crippen molar-refractivity contribution in [2.75, 3.05) is 17.7 Å². The Morgan fingerprint density at radius 1 is 1.06 bits per heavy atom. The molecule has 0 saturated heterocycles. The monoisotopic (exact) mass is 432 g/mol. The molecule has 8 heteroatoms. The molecule has 0 aliphatic heterocycles. The average molecular weight is 432 g/mol. The summed E-state index contributed by atoms with van der Waals surface area (Å²) in [6.07, 6.45) is 1.78. The molecular formula is C24H20N2O6. The predicted molar refractivity (Wildman–Crippen MR) is 118 cm³/mol. The Balaban J connectivity index is 1.78. The Hall–Kier alpha value is -4.51. The molecule has 0 radical (unpaired) electrons. The lowest BCUT2D eigenvalue weighted by atomic mass is 10.1. The number of carbonyl (C=O) groups is 3. The van der Waals surface area contributed by atoms with E-state index in [0.29, 0.717) is 23.6 Å². The van der Waals surface area contributed by atoms with E-state index in [1.54, 1.807) is 42.5 Å². The van der Waals surface area contributed by atoms with Crippen molar-refractivity contribution in [3.63, 3.8) is 0 Å². The molecular weight excluding hydrogens is 412 g/mol. The smallest absolute Gasteiger partial charge is 0.303 e. The number of benzene rings is 2. The Kier molecular flexibility index (Phi) is 7.28. The van der Waals surface area contributed by atoms with Crippen molar-refractivity contribution in [3.8, 4) is 17.6 Å². The van der Waals surface area contributed by atoms with E-state index < -0.39 is 17.8 Å². The van der Waals surface area contributed by atoms with Gasteiger partial charge >= 0.3 is 11.9 Å². The summed E-state index contributed by atoms with van der Waals surface area (Å²) in [5.41, 5.74) is 1.71. The van der Waals surface area contributed by atoms with E-state index in [-0.39, 0.29) is 17.7 Å². The molecule has 3 rings (SSSR count). The van der Waals surface area contributed by atoms with Crippen molar-refractivity contribution >= 4 is 29.2 Å². The number of methoxy groups -OCH3 is 1. The number of carboxylic acid groups (broad SMARTS) is 1. The summed E-state index contributed by atoms with van der Waals surface area (Å²) in [6, 6.07) is 14.8. The minimum absolute atomic E-state index is 0.00883. The maximum atomic E-state index is 12.9. The highest BCUT2D eigenvalue weighted by molar-refractivity contribution is 6.12. The molecule has 0 atom stereocenters. The van der Waals surface area contributed by atoms with Gasteiger partial charge in [0.15, 0.2) is 5.76 Å². The molecule has 32 heavy (non-hydrogen) atoms. The number of furan rings is 1. The van der Waals surface area contributed by atoms with E-state index in [1.165, 1.54) is 25.5 Å². The molecule has 0 unspecified atom stereocenters. The summed E-state index contributed by atoms with van der Waals surface area (Å²) in [6.45, 7) is 0. The molecule has 0 spiro atoms. The summed E-state index contributed by atoms with van der Waals surface area (Å²) in [7, 11) is 1.47. The SMILES string of the molecule is COc1ccc(C(=O)Nc2cccc(CCC(=O)O)c2)c(NC(=O)C#Cc2ccco2)c1. The number of anilines is 2. The molecule has 8 nitrogen and oxygen atoms in total. The largest absolute Gasteiger partial charge is 0.497 e. The van der Waals surface area contributed by atoms with Crippen LogP contribution in [0.4, 0.5) is 11.4 Å². The van der Waals surface area contributed by atoms with Crippen LogP contribution in [0.25, 0.3) is 0 Å². The maximum Gasteiger partial charge on any atom is 0.303 e. The van der Waals surface area contributed by atoms with E-state index in [2.05, 4.69) is 22.5 Å². The lowest BCUT2D eigenvalue weighted by Gasteiger charge is -2.12. The molecule has 3 aromatic rings. The van der Waals surface area contributed by atoms with E-state index in [0.717, 1.165) is 5.56 Å². The zero-order chi connectivity index (χ0) is 22.9. The van der Waals surface area contributed by atoms with Gasteiger partial charge in [-0.25, -0.2) is 0 Å². The van der Waals surface area contributed by atoms with E-state index in [1.807, 2.05) is 0 Å². The first-order valence-electron chi connectivity index (χ1n) is 9.61. The molecule has 1 aromatic heterocycles. The van der Waals surface area contributed by atoms with Gasteiger partial charge in [0, 0.05) is 24.1 Å².